The molecule has 0 saturated carbocycles. The summed E-state index contributed by atoms with van der Waals surface area (Å²) in [6.07, 6.45) is 1.16. The van der Waals surface area contributed by atoms with Crippen molar-refractivity contribution in [3.8, 4) is 0 Å². The number of nitrogens with one attached hydrogen (secondary N) is 2. The number of hydrogen-bond acceptors (Lipinski definition) is 6. The molecule has 0 amide bonds. The summed E-state index contributed by atoms with van der Waals surface area (Å²) in [6, 6.07) is 5.48. The fourth-order valence-corrected chi connectivity index (χ4v) is 2.65. The molecule has 0 atom stereocenters. The number of anilines is 3. The van der Waals surface area contributed by atoms with Crippen molar-refractivity contribution in [2.45, 2.75) is 0 Å². The molecule has 0 aliphatic heterocycles. The van der Waals surface area contributed by atoms with E-state index < -0.39 is 4.92 Å². The molecule has 7 nitrogen and oxygen atoms in total. The first-order valence-electron chi connectivity index (χ1n) is 5.43. The van der Waals surface area contributed by atoms with E-state index in [9.17, 15) is 10.1 Å². The summed E-state index contributed by atoms with van der Waals surface area (Å²) in [4.78, 5) is 18.4. The summed E-state index contributed by atoms with van der Waals surface area (Å²) in [5, 5.41) is 16.7. The van der Waals surface area contributed by atoms with E-state index in [0.29, 0.717) is 11.6 Å². The van der Waals surface area contributed by atoms with Crippen LogP contribution in [0.25, 0.3) is 0 Å². The van der Waals surface area contributed by atoms with Crippen LogP contribution in [0.1, 0.15) is 0 Å². The Morgan fingerprint density at radius 2 is 1.95 bits per heavy atom. The molecule has 2 N–H and O–H groups in total. The second kappa shape index (κ2) is 6.14. The highest BCUT2D eigenvalue weighted by Crippen LogP contribution is 2.35. The van der Waals surface area contributed by atoms with E-state index in [1.807, 2.05) is 18.2 Å². The highest BCUT2D eigenvalue weighted by molar-refractivity contribution is 9.11. The number of para-hydroxylation sites is 1. The molecule has 104 valence electrons. The molecule has 1 aromatic heterocycles. The van der Waals surface area contributed by atoms with Crippen LogP contribution in [0.2, 0.25) is 0 Å². The zero-order chi connectivity index (χ0) is 14.7. The Labute approximate surface area is 131 Å². The van der Waals surface area contributed by atoms with Gasteiger partial charge in [0.25, 0.3) is 0 Å². The molecule has 0 aliphatic carbocycles. The first kappa shape index (κ1) is 14.7. The topological polar surface area (TPSA) is 93.0 Å². The van der Waals surface area contributed by atoms with E-state index >= 15 is 0 Å². The van der Waals surface area contributed by atoms with Crippen LogP contribution >= 0.6 is 31.9 Å². The third kappa shape index (κ3) is 3.05. The molecule has 1 aromatic carbocycles. The van der Waals surface area contributed by atoms with E-state index in [2.05, 4.69) is 52.5 Å². The van der Waals surface area contributed by atoms with Crippen LogP contribution < -0.4 is 10.6 Å². The lowest BCUT2D eigenvalue weighted by Crippen LogP contribution is -2.05. The van der Waals surface area contributed by atoms with Gasteiger partial charge in [-0.1, -0.05) is 6.07 Å². The van der Waals surface area contributed by atoms with Crippen LogP contribution in [-0.2, 0) is 0 Å². The molecular weight excluding hydrogens is 394 g/mol. The SMILES string of the molecule is CNc1ncc([N+](=O)[O-])c(Nc2c(Br)cccc2Br)n1. The maximum atomic E-state index is 11.0. The molecule has 0 spiro atoms. The molecule has 2 aromatic rings. The Bertz CT molecular complexity index is 645. The minimum Gasteiger partial charge on any atom is -0.357 e. The number of aromatic nitrogens is 2. The smallest absolute Gasteiger partial charge is 0.329 e. The maximum absolute atomic E-state index is 11.0. The van der Waals surface area contributed by atoms with Gasteiger partial charge in [-0.2, -0.15) is 4.98 Å². The third-order valence-corrected chi connectivity index (χ3v) is 3.72. The van der Waals surface area contributed by atoms with Crippen molar-refractivity contribution in [2.24, 2.45) is 0 Å². The number of halogens is 2. The van der Waals surface area contributed by atoms with E-state index in [1.165, 1.54) is 0 Å². The second-order valence-corrected chi connectivity index (χ2v) is 5.36. The van der Waals surface area contributed by atoms with Crippen LogP contribution in [-0.4, -0.2) is 21.9 Å². The lowest BCUT2D eigenvalue weighted by Gasteiger charge is -2.10. The largest absolute Gasteiger partial charge is 0.357 e. The summed E-state index contributed by atoms with van der Waals surface area (Å²) in [5.74, 6) is 0.406. The van der Waals surface area contributed by atoms with Crippen molar-refractivity contribution in [1.82, 2.24) is 9.97 Å². The Hall–Kier alpha value is -1.74. The quantitative estimate of drug-likeness (QED) is 0.598. The van der Waals surface area contributed by atoms with E-state index in [4.69, 9.17) is 0 Å². The monoisotopic (exact) mass is 401 g/mol. The Balaban J connectivity index is 2.49. The number of nitro groups is 1. The van der Waals surface area contributed by atoms with Gasteiger partial charge in [-0.3, -0.25) is 10.1 Å². The summed E-state index contributed by atoms with van der Waals surface area (Å²) < 4.78 is 1.51. The summed E-state index contributed by atoms with van der Waals surface area (Å²) in [5.41, 5.74) is 0.447. The summed E-state index contributed by atoms with van der Waals surface area (Å²) in [6.45, 7) is 0. The fraction of sp³-hybridized carbons (Fsp3) is 0.0909. The van der Waals surface area contributed by atoms with Crippen molar-refractivity contribution >= 4 is 55.0 Å². The molecule has 0 unspecified atom stereocenters. The number of rotatable bonds is 4. The second-order valence-electron chi connectivity index (χ2n) is 3.66. The van der Waals surface area contributed by atoms with E-state index in [0.717, 1.165) is 15.1 Å². The minimum absolute atomic E-state index is 0.113. The van der Waals surface area contributed by atoms with Crippen molar-refractivity contribution < 1.29 is 4.92 Å². The summed E-state index contributed by atoms with van der Waals surface area (Å²) >= 11 is 6.76. The molecule has 20 heavy (non-hydrogen) atoms. The molecule has 0 fully saturated rings. The highest BCUT2D eigenvalue weighted by Gasteiger charge is 2.19. The van der Waals surface area contributed by atoms with Crippen molar-refractivity contribution in [2.75, 3.05) is 17.7 Å². The van der Waals surface area contributed by atoms with Gasteiger partial charge in [-0.05, 0) is 44.0 Å². The Kier molecular flexibility index (Phi) is 4.50. The van der Waals surface area contributed by atoms with Crippen LogP contribution in [0.4, 0.5) is 23.1 Å². The van der Waals surface area contributed by atoms with Gasteiger partial charge in [-0.15, -0.1) is 0 Å². The molecule has 0 radical (unpaired) electrons. The fourth-order valence-electron chi connectivity index (χ4n) is 1.46. The highest BCUT2D eigenvalue weighted by atomic mass is 79.9. The lowest BCUT2D eigenvalue weighted by molar-refractivity contribution is -0.384. The molecule has 0 aliphatic rings. The first-order chi connectivity index (χ1) is 9.52. The third-order valence-electron chi connectivity index (χ3n) is 2.40. The molecule has 2 rings (SSSR count). The predicted molar refractivity (Wildman–Crippen MR) is 83.4 cm³/mol. The van der Waals surface area contributed by atoms with Gasteiger partial charge in [0.1, 0.15) is 6.20 Å². The van der Waals surface area contributed by atoms with Gasteiger partial charge in [0.15, 0.2) is 0 Å². The number of hydrogen-bond donors (Lipinski definition) is 2. The molecule has 1 heterocycles. The average molecular weight is 403 g/mol. The van der Waals surface area contributed by atoms with Crippen molar-refractivity contribution in [3.63, 3.8) is 0 Å². The zero-order valence-electron chi connectivity index (χ0n) is 10.2. The van der Waals surface area contributed by atoms with E-state index in [1.54, 1.807) is 7.05 Å². The number of nitrogens with zero attached hydrogens (tertiary/aromatic N) is 3. The van der Waals surface area contributed by atoms with Crippen molar-refractivity contribution in [3.05, 3.63) is 43.5 Å². The standard InChI is InChI=1S/C11H9Br2N5O2/c1-14-11-15-5-8(18(19)20)10(17-11)16-9-6(12)3-2-4-7(9)13/h2-5H,1H3,(H2,14,15,16,17). The van der Waals surface area contributed by atoms with Gasteiger partial charge < -0.3 is 10.6 Å². The van der Waals surface area contributed by atoms with Gasteiger partial charge in [-0.25, -0.2) is 4.98 Å². The predicted octanol–water partition coefficient (Wildman–Crippen LogP) is 3.70. The summed E-state index contributed by atoms with van der Waals surface area (Å²) in [7, 11) is 1.64. The Morgan fingerprint density at radius 1 is 1.30 bits per heavy atom. The first-order valence-corrected chi connectivity index (χ1v) is 7.01. The van der Waals surface area contributed by atoms with Gasteiger partial charge in [0.2, 0.25) is 11.8 Å². The van der Waals surface area contributed by atoms with Crippen LogP contribution in [0, 0.1) is 10.1 Å². The molecular formula is C11H9Br2N5O2. The lowest BCUT2D eigenvalue weighted by atomic mass is 10.3. The molecule has 0 saturated heterocycles. The van der Waals surface area contributed by atoms with Gasteiger partial charge in [0.05, 0.1) is 10.6 Å². The average Bonchev–Trinajstić information content (AvgIpc) is 2.42. The van der Waals surface area contributed by atoms with Crippen LogP contribution in [0.5, 0.6) is 0 Å². The zero-order valence-corrected chi connectivity index (χ0v) is 13.4. The molecule has 9 heteroatoms. The Morgan fingerprint density at radius 3 is 2.50 bits per heavy atom. The van der Waals surface area contributed by atoms with Gasteiger partial charge in [0, 0.05) is 16.0 Å². The minimum atomic E-state index is -0.535. The number of benzene rings is 1. The van der Waals surface area contributed by atoms with E-state index in [-0.39, 0.29) is 11.5 Å². The van der Waals surface area contributed by atoms with Crippen LogP contribution in [0.15, 0.2) is 33.3 Å². The normalized spacial score (nSPS) is 10.2. The molecule has 0 bridgehead atoms. The van der Waals surface area contributed by atoms with Crippen LogP contribution in [0.3, 0.4) is 0 Å². The van der Waals surface area contributed by atoms with Gasteiger partial charge >= 0.3 is 5.69 Å². The maximum Gasteiger partial charge on any atom is 0.329 e. The van der Waals surface area contributed by atoms with Crippen molar-refractivity contribution in [1.29, 1.82) is 0 Å².